The van der Waals surface area contributed by atoms with Crippen molar-refractivity contribution in [1.29, 1.82) is 0 Å². The van der Waals surface area contributed by atoms with E-state index in [-0.39, 0.29) is 17.9 Å². The van der Waals surface area contributed by atoms with Crippen LogP contribution in [0.15, 0.2) is 47.4 Å². The number of rotatable bonds is 8. The highest BCUT2D eigenvalue weighted by Gasteiger charge is 2.49. The van der Waals surface area contributed by atoms with Crippen LogP contribution in [-0.4, -0.2) is 25.5 Å². The Hall–Kier alpha value is -1.66. The normalized spacial score (nSPS) is 28.6. The maximum absolute atomic E-state index is 12.5. The van der Waals surface area contributed by atoms with Gasteiger partial charge in [-0.3, -0.25) is 4.79 Å². The molecule has 1 aromatic carbocycles. The number of allylic oxidation sites excluding steroid dienone is 2. The molecule has 2 N–H and O–H groups in total. The van der Waals surface area contributed by atoms with Gasteiger partial charge in [0.05, 0.1) is 4.90 Å². The van der Waals surface area contributed by atoms with Gasteiger partial charge in [-0.15, -0.1) is 0 Å². The first-order chi connectivity index (χ1) is 11.9. The molecule has 3 atom stereocenters. The molecule has 136 valence electrons. The van der Waals surface area contributed by atoms with Gasteiger partial charge in [-0.25, -0.2) is 13.1 Å². The van der Waals surface area contributed by atoms with E-state index in [0.29, 0.717) is 17.2 Å². The summed E-state index contributed by atoms with van der Waals surface area (Å²) in [5.41, 5.74) is 0.0811. The molecule has 5 nitrogen and oxygen atoms in total. The van der Waals surface area contributed by atoms with Gasteiger partial charge in [-0.2, -0.15) is 0 Å². The first-order valence-electron chi connectivity index (χ1n) is 8.87. The summed E-state index contributed by atoms with van der Waals surface area (Å²) in [6, 6.07) is 8.50. The summed E-state index contributed by atoms with van der Waals surface area (Å²) in [4.78, 5) is 10.9. The molecule has 0 aromatic heterocycles. The van der Waals surface area contributed by atoms with Crippen LogP contribution < -0.4 is 4.72 Å². The molecule has 1 unspecified atom stereocenters. The average molecular weight is 363 g/mol. The highest BCUT2D eigenvalue weighted by molar-refractivity contribution is 7.89. The second-order valence-electron chi connectivity index (χ2n) is 7.30. The van der Waals surface area contributed by atoms with Crippen LogP contribution in [0.4, 0.5) is 0 Å². The number of unbranched alkanes of at least 4 members (excludes halogenated alkanes) is 1. The number of sulfonamides is 1. The van der Waals surface area contributed by atoms with Crippen LogP contribution in [0.25, 0.3) is 0 Å². The number of hydrogen-bond acceptors (Lipinski definition) is 3. The van der Waals surface area contributed by atoms with Gasteiger partial charge in [0, 0.05) is 12.5 Å². The van der Waals surface area contributed by atoms with Crippen molar-refractivity contribution >= 4 is 16.0 Å². The lowest BCUT2D eigenvalue weighted by Crippen LogP contribution is -2.39. The fourth-order valence-corrected chi connectivity index (χ4v) is 5.59. The third-order valence-corrected chi connectivity index (χ3v) is 6.98. The van der Waals surface area contributed by atoms with Gasteiger partial charge in [0.15, 0.2) is 0 Å². The van der Waals surface area contributed by atoms with Crippen LogP contribution in [0.3, 0.4) is 0 Å². The van der Waals surface area contributed by atoms with Gasteiger partial charge in [0.1, 0.15) is 0 Å². The predicted molar refractivity (Wildman–Crippen MR) is 95.6 cm³/mol. The van der Waals surface area contributed by atoms with E-state index in [2.05, 4.69) is 16.9 Å². The van der Waals surface area contributed by atoms with Crippen molar-refractivity contribution in [2.75, 3.05) is 0 Å². The van der Waals surface area contributed by atoms with Gasteiger partial charge >= 0.3 is 5.97 Å². The van der Waals surface area contributed by atoms with E-state index in [1.807, 2.05) is 0 Å². The van der Waals surface area contributed by atoms with Gasteiger partial charge in [0.2, 0.25) is 10.0 Å². The van der Waals surface area contributed by atoms with Crippen LogP contribution in [0.1, 0.15) is 44.9 Å². The SMILES string of the molecule is O=C(O)CCCC=C[C@]12CC[C@@H](C1)C(NS(=O)(=O)c1ccccc1)C2. The molecule has 25 heavy (non-hydrogen) atoms. The van der Waals surface area contributed by atoms with Crippen LogP contribution in [0.2, 0.25) is 0 Å². The predicted octanol–water partition coefficient (Wildman–Crippen LogP) is 3.33. The summed E-state index contributed by atoms with van der Waals surface area (Å²) in [6.45, 7) is 0. The minimum atomic E-state index is -3.47. The van der Waals surface area contributed by atoms with E-state index in [1.54, 1.807) is 30.3 Å². The molecular weight excluding hydrogens is 338 g/mol. The Balaban J connectivity index is 1.60. The number of carboxylic acids is 1. The number of fused-ring (bicyclic) bond motifs is 2. The number of carbonyl (C=O) groups is 1. The highest BCUT2D eigenvalue weighted by atomic mass is 32.2. The largest absolute Gasteiger partial charge is 0.481 e. The van der Waals surface area contributed by atoms with Crippen molar-refractivity contribution in [3.05, 3.63) is 42.5 Å². The zero-order valence-corrected chi connectivity index (χ0v) is 15.0. The van der Waals surface area contributed by atoms with Gasteiger partial charge < -0.3 is 5.11 Å². The average Bonchev–Trinajstić information content (AvgIpc) is 3.13. The Labute approximate surface area is 149 Å². The van der Waals surface area contributed by atoms with Gasteiger partial charge in [0.25, 0.3) is 0 Å². The second kappa shape index (κ2) is 7.30. The minimum absolute atomic E-state index is 0.0115. The molecule has 2 saturated carbocycles. The Kier molecular flexibility index (Phi) is 5.29. The van der Waals surface area contributed by atoms with Crippen LogP contribution in [0, 0.1) is 11.3 Å². The third kappa shape index (κ3) is 4.30. The van der Waals surface area contributed by atoms with Crippen molar-refractivity contribution in [2.24, 2.45) is 11.3 Å². The monoisotopic (exact) mass is 363 g/mol. The van der Waals surface area contributed by atoms with Gasteiger partial charge in [-0.05, 0) is 62.0 Å². The number of nitrogens with one attached hydrogen (secondary N) is 1. The maximum Gasteiger partial charge on any atom is 0.303 e. The van der Waals surface area contributed by atoms with Gasteiger partial charge in [-0.1, -0.05) is 30.4 Å². The Morgan fingerprint density at radius 2 is 2.04 bits per heavy atom. The van der Waals surface area contributed by atoms with E-state index >= 15 is 0 Å². The molecule has 6 heteroatoms. The fourth-order valence-electron chi connectivity index (χ4n) is 4.26. The zero-order valence-electron chi connectivity index (χ0n) is 14.2. The smallest absolute Gasteiger partial charge is 0.303 e. The summed E-state index contributed by atoms with van der Waals surface area (Å²) in [5.74, 6) is -0.370. The molecule has 0 aliphatic heterocycles. The van der Waals surface area contributed by atoms with Crippen molar-refractivity contribution in [3.63, 3.8) is 0 Å². The highest BCUT2D eigenvalue weighted by Crippen LogP contribution is 2.55. The van der Waals surface area contributed by atoms with E-state index in [4.69, 9.17) is 5.11 Å². The lowest BCUT2D eigenvalue weighted by atomic mass is 9.82. The fraction of sp³-hybridized carbons (Fsp3) is 0.526. The first-order valence-corrected chi connectivity index (χ1v) is 10.4. The van der Waals surface area contributed by atoms with Crippen molar-refractivity contribution in [2.45, 2.75) is 55.9 Å². The Morgan fingerprint density at radius 3 is 2.76 bits per heavy atom. The summed E-state index contributed by atoms with van der Waals surface area (Å²) in [6.07, 6.45) is 9.89. The van der Waals surface area contributed by atoms with Crippen molar-refractivity contribution < 1.29 is 18.3 Å². The molecule has 0 radical (unpaired) electrons. The zero-order chi connectivity index (χ0) is 17.9. The summed E-state index contributed by atoms with van der Waals surface area (Å²) >= 11 is 0. The van der Waals surface area contributed by atoms with Crippen LogP contribution in [0.5, 0.6) is 0 Å². The molecule has 2 aliphatic rings. The molecule has 1 aromatic rings. The van der Waals surface area contributed by atoms with Crippen molar-refractivity contribution in [1.82, 2.24) is 4.72 Å². The topological polar surface area (TPSA) is 83.5 Å². The number of carboxylic acid groups (broad SMARTS) is 1. The third-order valence-electron chi connectivity index (χ3n) is 5.47. The minimum Gasteiger partial charge on any atom is -0.481 e. The number of aliphatic carboxylic acids is 1. The van der Waals surface area contributed by atoms with Crippen LogP contribution >= 0.6 is 0 Å². The molecule has 0 saturated heterocycles. The molecule has 2 aliphatic carbocycles. The molecule has 0 heterocycles. The van der Waals surface area contributed by atoms with E-state index in [0.717, 1.165) is 32.1 Å². The summed E-state index contributed by atoms with van der Waals surface area (Å²) in [5, 5.41) is 8.68. The molecular formula is C19H25NO4S. The standard InChI is InChI=1S/C19H25NO4S/c21-18(22)9-5-2-6-11-19-12-10-15(13-19)17(14-19)20-25(23,24)16-7-3-1-4-8-16/h1,3-4,6-8,11,15,17,20H,2,5,9-10,12-14H2,(H,21,22)/t15-,17?,19-/m0/s1. The lowest BCUT2D eigenvalue weighted by Gasteiger charge is -2.28. The molecule has 2 bridgehead atoms. The first kappa shape index (κ1) is 18.1. The summed E-state index contributed by atoms with van der Waals surface area (Å²) < 4.78 is 28.0. The maximum atomic E-state index is 12.5. The summed E-state index contributed by atoms with van der Waals surface area (Å²) in [7, 11) is -3.47. The van der Waals surface area contributed by atoms with Crippen LogP contribution in [-0.2, 0) is 14.8 Å². The molecule has 0 amide bonds. The molecule has 2 fully saturated rings. The Morgan fingerprint density at radius 1 is 1.28 bits per heavy atom. The van der Waals surface area contributed by atoms with E-state index in [9.17, 15) is 13.2 Å². The molecule has 3 rings (SSSR count). The quantitative estimate of drug-likeness (QED) is 0.548. The second-order valence-corrected chi connectivity index (χ2v) is 9.01. The molecule has 0 spiro atoms. The van der Waals surface area contributed by atoms with E-state index in [1.165, 1.54) is 0 Å². The number of hydrogen-bond donors (Lipinski definition) is 2. The van der Waals surface area contributed by atoms with E-state index < -0.39 is 16.0 Å². The number of benzene rings is 1. The lowest BCUT2D eigenvalue weighted by molar-refractivity contribution is -0.137. The van der Waals surface area contributed by atoms with Crippen molar-refractivity contribution in [3.8, 4) is 0 Å². The Bertz CT molecular complexity index is 744.